The Labute approximate surface area is 130 Å². The minimum absolute atomic E-state index is 0.0591. The Balaban J connectivity index is 1.85. The molecule has 0 spiro atoms. The number of urea groups is 1. The average Bonchev–Trinajstić information content (AvgIpc) is 2.94. The topological polar surface area (TPSA) is 81.7 Å². The molecule has 1 aromatic rings. The second kappa shape index (κ2) is 7.26. The van der Waals surface area contributed by atoms with Gasteiger partial charge in [0.2, 0.25) is 5.91 Å². The highest BCUT2D eigenvalue weighted by atomic mass is 16.3. The third-order valence-corrected chi connectivity index (χ3v) is 3.91. The molecule has 3 N–H and O–H groups in total. The van der Waals surface area contributed by atoms with Gasteiger partial charge in [0.25, 0.3) is 0 Å². The normalized spacial score (nSPS) is 14.6. The fourth-order valence-electron chi connectivity index (χ4n) is 2.49. The zero-order valence-electron chi connectivity index (χ0n) is 13.0. The third kappa shape index (κ3) is 3.76. The van der Waals surface area contributed by atoms with Gasteiger partial charge in [-0.25, -0.2) is 4.79 Å². The number of benzene rings is 1. The van der Waals surface area contributed by atoms with E-state index in [4.69, 9.17) is 0 Å². The van der Waals surface area contributed by atoms with Gasteiger partial charge in [0.05, 0.1) is 19.2 Å². The number of carbonyl (C=O) groups is 2. The lowest BCUT2D eigenvalue weighted by Crippen LogP contribution is -2.49. The highest BCUT2D eigenvalue weighted by Crippen LogP contribution is 2.27. The number of aliphatic hydroxyl groups excluding tert-OH is 1. The molecule has 0 radical (unpaired) electrons. The zero-order valence-corrected chi connectivity index (χ0v) is 13.0. The first-order valence-electron chi connectivity index (χ1n) is 7.56. The summed E-state index contributed by atoms with van der Waals surface area (Å²) in [4.78, 5) is 25.7. The van der Waals surface area contributed by atoms with Crippen LogP contribution < -0.4 is 15.5 Å². The largest absolute Gasteiger partial charge is 0.394 e. The van der Waals surface area contributed by atoms with Crippen molar-refractivity contribution in [3.05, 3.63) is 29.8 Å². The van der Waals surface area contributed by atoms with Gasteiger partial charge in [-0.15, -0.1) is 0 Å². The van der Waals surface area contributed by atoms with Crippen LogP contribution in [0, 0.1) is 5.92 Å². The van der Waals surface area contributed by atoms with E-state index in [-0.39, 0.29) is 31.0 Å². The van der Waals surface area contributed by atoms with Crippen molar-refractivity contribution < 1.29 is 14.7 Å². The molecule has 0 saturated heterocycles. The number of nitrogens with one attached hydrogen (secondary N) is 2. The molecule has 0 bridgehead atoms. The van der Waals surface area contributed by atoms with Gasteiger partial charge in [-0.1, -0.05) is 32.0 Å². The molecule has 0 saturated carbocycles. The quantitative estimate of drug-likeness (QED) is 0.756. The molecular formula is C16H23N3O3. The van der Waals surface area contributed by atoms with Crippen molar-refractivity contribution in [1.29, 1.82) is 0 Å². The molecule has 0 aliphatic carbocycles. The highest BCUT2D eigenvalue weighted by molar-refractivity contribution is 5.98. The summed E-state index contributed by atoms with van der Waals surface area (Å²) < 4.78 is 0. The number of hydrogen-bond donors (Lipinski definition) is 3. The van der Waals surface area contributed by atoms with Crippen LogP contribution in [0.15, 0.2) is 24.3 Å². The molecule has 1 heterocycles. The Bertz CT molecular complexity index is 545. The number of hydrogen-bond acceptors (Lipinski definition) is 3. The van der Waals surface area contributed by atoms with Crippen LogP contribution in [0.5, 0.6) is 0 Å². The molecule has 6 heteroatoms. The van der Waals surface area contributed by atoms with Gasteiger partial charge in [0, 0.05) is 12.2 Å². The molecule has 22 heavy (non-hydrogen) atoms. The van der Waals surface area contributed by atoms with Crippen molar-refractivity contribution in [1.82, 2.24) is 10.6 Å². The first-order valence-corrected chi connectivity index (χ1v) is 7.56. The van der Waals surface area contributed by atoms with E-state index in [1.807, 2.05) is 38.1 Å². The van der Waals surface area contributed by atoms with E-state index in [0.29, 0.717) is 6.54 Å². The SMILES string of the molecule is CC(C)[C@@H](CO)NC(=O)NCC(=O)N1CCc2ccccc21. The predicted octanol–water partition coefficient (Wildman–Crippen LogP) is 0.892. The van der Waals surface area contributed by atoms with Gasteiger partial charge in [-0.05, 0) is 24.0 Å². The van der Waals surface area contributed by atoms with E-state index >= 15 is 0 Å². The van der Waals surface area contributed by atoms with E-state index in [2.05, 4.69) is 10.6 Å². The Morgan fingerprint density at radius 1 is 1.32 bits per heavy atom. The van der Waals surface area contributed by atoms with Gasteiger partial charge in [0.1, 0.15) is 0 Å². The summed E-state index contributed by atoms with van der Waals surface area (Å²) in [6.45, 7) is 4.28. The van der Waals surface area contributed by atoms with Crippen LogP contribution in [0.25, 0.3) is 0 Å². The van der Waals surface area contributed by atoms with Gasteiger partial charge >= 0.3 is 6.03 Å². The maximum Gasteiger partial charge on any atom is 0.315 e. The molecule has 120 valence electrons. The highest BCUT2D eigenvalue weighted by Gasteiger charge is 2.24. The standard InChI is InChI=1S/C16H23N3O3/c1-11(2)13(10-20)18-16(22)17-9-15(21)19-8-7-12-5-3-4-6-14(12)19/h3-6,11,13,20H,7-10H2,1-2H3,(H2,17,18,22)/t13-/m1/s1. The molecule has 2 rings (SSSR count). The maximum absolute atomic E-state index is 12.2. The fourth-order valence-corrected chi connectivity index (χ4v) is 2.49. The summed E-state index contributed by atoms with van der Waals surface area (Å²) in [5.41, 5.74) is 2.07. The molecule has 0 fully saturated rings. The minimum Gasteiger partial charge on any atom is -0.394 e. The molecule has 0 unspecified atom stereocenters. The number of amides is 3. The van der Waals surface area contributed by atoms with Crippen molar-refractivity contribution in [3.8, 4) is 0 Å². The molecule has 1 atom stereocenters. The van der Waals surface area contributed by atoms with Gasteiger partial charge in [0.15, 0.2) is 0 Å². The Morgan fingerprint density at radius 2 is 2.05 bits per heavy atom. The molecule has 1 aliphatic rings. The van der Waals surface area contributed by atoms with Crippen LogP contribution in [0.3, 0.4) is 0 Å². The summed E-state index contributed by atoms with van der Waals surface area (Å²) in [5.74, 6) is -0.0119. The number of para-hydroxylation sites is 1. The minimum atomic E-state index is -0.436. The van der Waals surface area contributed by atoms with Crippen molar-refractivity contribution in [3.63, 3.8) is 0 Å². The van der Waals surface area contributed by atoms with E-state index < -0.39 is 6.03 Å². The number of nitrogens with zero attached hydrogens (tertiary/aromatic N) is 1. The van der Waals surface area contributed by atoms with Gasteiger partial charge in [-0.2, -0.15) is 0 Å². The lowest BCUT2D eigenvalue weighted by molar-refractivity contribution is -0.117. The van der Waals surface area contributed by atoms with Crippen molar-refractivity contribution >= 4 is 17.6 Å². The van der Waals surface area contributed by atoms with Crippen LogP contribution in [-0.2, 0) is 11.2 Å². The average molecular weight is 305 g/mol. The summed E-state index contributed by atoms with van der Waals surface area (Å²) >= 11 is 0. The fraction of sp³-hybridized carbons (Fsp3) is 0.500. The van der Waals surface area contributed by atoms with E-state index in [9.17, 15) is 14.7 Å². The van der Waals surface area contributed by atoms with Crippen molar-refractivity contribution in [2.75, 3.05) is 24.6 Å². The zero-order chi connectivity index (χ0) is 16.1. The molecule has 1 aromatic carbocycles. The Morgan fingerprint density at radius 3 is 2.73 bits per heavy atom. The second-order valence-electron chi connectivity index (χ2n) is 5.78. The number of fused-ring (bicyclic) bond motifs is 1. The van der Waals surface area contributed by atoms with Crippen LogP contribution in [0.2, 0.25) is 0 Å². The Kier molecular flexibility index (Phi) is 5.38. The summed E-state index contributed by atoms with van der Waals surface area (Å²) in [6.07, 6.45) is 0.841. The van der Waals surface area contributed by atoms with Crippen LogP contribution in [0.4, 0.5) is 10.5 Å². The maximum atomic E-state index is 12.2. The van der Waals surface area contributed by atoms with Crippen LogP contribution in [-0.4, -0.2) is 42.8 Å². The van der Waals surface area contributed by atoms with E-state index in [1.165, 1.54) is 0 Å². The second-order valence-corrected chi connectivity index (χ2v) is 5.78. The van der Waals surface area contributed by atoms with E-state index in [0.717, 1.165) is 17.7 Å². The summed E-state index contributed by atoms with van der Waals surface area (Å²) in [5, 5.41) is 14.4. The lowest BCUT2D eigenvalue weighted by Gasteiger charge is -2.21. The number of anilines is 1. The van der Waals surface area contributed by atoms with Crippen LogP contribution in [0.1, 0.15) is 19.4 Å². The van der Waals surface area contributed by atoms with Crippen molar-refractivity contribution in [2.45, 2.75) is 26.3 Å². The summed E-state index contributed by atoms with van der Waals surface area (Å²) in [6, 6.07) is 7.03. The third-order valence-electron chi connectivity index (χ3n) is 3.91. The Hall–Kier alpha value is -2.08. The number of carbonyl (C=O) groups excluding carboxylic acids is 2. The molecule has 6 nitrogen and oxygen atoms in total. The first kappa shape index (κ1) is 16.3. The van der Waals surface area contributed by atoms with Crippen LogP contribution >= 0.6 is 0 Å². The predicted molar refractivity (Wildman–Crippen MR) is 84.7 cm³/mol. The molecular weight excluding hydrogens is 282 g/mol. The van der Waals surface area contributed by atoms with E-state index in [1.54, 1.807) is 4.90 Å². The summed E-state index contributed by atoms with van der Waals surface area (Å²) in [7, 11) is 0. The smallest absolute Gasteiger partial charge is 0.315 e. The van der Waals surface area contributed by atoms with Gasteiger partial charge < -0.3 is 20.6 Å². The lowest BCUT2D eigenvalue weighted by atomic mass is 10.1. The molecule has 1 aliphatic heterocycles. The molecule has 3 amide bonds. The number of rotatable bonds is 5. The van der Waals surface area contributed by atoms with Crippen molar-refractivity contribution in [2.24, 2.45) is 5.92 Å². The monoisotopic (exact) mass is 305 g/mol. The van der Waals surface area contributed by atoms with Gasteiger partial charge in [-0.3, -0.25) is 4.79 Å². The molecule has 0 aromatic heterocycles. The first-order chi connectivity index (χ1) is 10.5. The number of aliphatic hydroxyl groups is 1.